The number of benzene rings is 2. The fourth-order valence-electron chi connectivity index (χ4n) is 4.36. The Bertz CT molecular complexity index is 1090. The number of aromatic nitrogens is 5. The number of hydrogen-bond donors (Lipinski definition) is 0. The Balaban J connectivity index is 1.36. The van der Waals surface area contributed by atoms with Crippen LogP contribution in [0.5, 0.6) is 0 Å². The molecule has 1 fully saturated rings. The minimum absolute atomic E-state index is 0.0259. The van der Waals surface area contributed by atoms with Crippen molar-refractivity contribution in [1.29, 1.82) is 0 Å². The summed E-state index contributed by atoms with van der Waals surface area (Å²) >= 11 is 0. The van der Waals surface area contributed by atoms with Gasteiger partial charge < -0.3 is 0 Å². The van der Waals surface area contributed by atoms with E-state index in [1.807, 2.05) is 23.1 Å². The van der Waals surface area contributed by atoms with E-state index in [2.05, 4.69) is 97.0 Å². The fraction of sp³-hybridized carbons (Fsp3) is 0.280. The van der Waals surface area contributed by atoms with E-state index in [0.29, 0.717) is 6.54 Å². The van der Waals surface area contributed by atoms with Crippen LogP contribution in [0.15, 0.2) is 85.2 Å². The van der Waals surface area contributed by atoms with Gasteiger partial charge in [0.05, 0.1) is 12.6 Å². The normalized spacial score (nSPS) is 16.1. The average molecular weight is 426 g/mol. The highest BCUT2D eigenvalue weighted by Gasteiger charge is 2.30. The van der Waals surface area contributed by atoms with Gasteiger partial charge in [-0.2, -0.15) is 0 Å². The predicted octanol–water partition coefficient (Wildman–Crippen LogP) is 3.02. The van der Waals surface area contributed by atoms with Crippen LogP contribution in [-0.4, -0.2) is 61.2 Å². The van der Waals surface area contributed by atoms with Gasteiger partial charge in [0.2, 0.25) is 0 Å². The van der Waals surface area contributed by atoms with Crippen molar-refractivity contribution in [3.05, 3.63) is 108 Å². The van der Waals surface area contributed by atoms with Crippen molar-refractivity contribution in [2.24, 2.45) is 0 Å². The van der Waals surface area contributed by atoms with Crippen LogP contribution in [0.25, 0.3) is 0 Å². The highest BCUT2D eigenvalue weighted by atomic mass is 15.6. The fourth-order valence-corrected chi connectivity index (χ4v) is 4.36. The van der Waals surface area contributed by atoms with Crippen molar-refractivity contribution in [2.45, 2.75) is 19.1 Å². The first-order chi connectivity index (χ1) is 15.9. The van der Waals surface area contributed by atoms with Crippen LogP contribution in [0.1, 0.15) is 28.6 Å². The first-order valence-electron chi connectivity index (χ1n) is 11.1. The van der Waals surface area contributed by atoms with Crippen LogP contribution >= 0.6 is 0 Å². The average Bonchev–Trinajstić information content (AvgIpc) is 3.30. The molecule has 4 aromatic rings. The molecule has 7 nitrogen and oxygen atoms in total. The summed E-state index contributed by atoms with van der Waals surface area (Å²) in [6.45, 7) is 5.55. The van der Waals surface area contributed by atoms with Gasteiger partial charge in [-0.3, -0.25) is 14.8 Å². The van der Waals surface area contributed by atoms with Crippen molar-refractivity contribution < 1.29 is 0 Å². The second kappa shape index (κ2) is 9.80. The maximum absolute atomic E-state index is 4.49. The van der Waals surface area contributed by atoms with E-state index in [0.717, 1.165) is 38.5 Å². The zero-order valence-electron chi connectivity index (χ0n) is 18.0. The molecule has 5 rings (SSSR count). The van der Waals surface area contributed by atoms with Gasteiger partial charge in [-0.25, -0.2) is 4.68 Å². The van der Waals surface area contributed by atoms with E-state index in [1.165, 1.54) is 16.7 Å². The van der Waals surface area contributed by atoms with Gasteiger partial charge in [-0.15, -0.1) is 5.10 Å². The van der Waals surface area contributed by atoms with E-state index in [4.69, 9.17) is 0 Å². The SMILES string of the molecule is c1ccc(Cn2nnnc2[C@@H](c2ccccc2)N2CCN(Cc3ccncc3)CC2)cc1. The summed E-state index contributed by atoms with van der Waals surface area (Å²) in [5.41, 5.74) is 3.72. The second-order valence-corrected chi connectivity index (χ2v) is 8.16. The summed E-state index contributed by atoms with van der Waals surface area (Å²) < 4.78 is 1.94. The van der Waals surface area contributed by atoms with Crippen molar-refractivity contribution in [1.82, 2.24) is 35.0 Å². The zero-order chi connectivity index (χ0) is 21.6. The quantitative estimate of drug-likeness (QED) is 0.454. The number of tetrazole rings is 1. The van der Waals surface area contributed by atoms with Gasteiger partial charge in [0.25, 0.3) is 0 Å². The van der Waals surface area contributed by atoms with Crippen molar-refractivity contribution in [3.8, 4) is 0 Å². The monoisotopic (exact) mass is 425 g/mol. The molecule has 0 radical (unpaired) electrons. The molecule has 0 aliphatic carbocycles. The minimum Gasteiger partial charge on any atom is -0.297 e. The van der Waals surface area contributed by atoms with Gasteiger partial charge in [0, 0.05) is 45.1 Å². The van der Waals surface area contributed by atoms with Crippen molar-refractivity contribution >= 4 is 0 Å². The predicted molar refractivity (Wildman–Crippen MR) is 123 cm³/mol. The third-order valence-corrected chi connectivity index (χ3v) is 6.02. The highest BCUT2D eigenvalue weighted by molar-refractivity contribution is 5.25. The van der Waals surface area contributed by atoms with Crippen LogP contribution < -0.4 is 0 Å². The van der Waals surface area contributed by atoms with E-state index >= 15 is 0 Å². The molecule has 1 aliphatic heterocycles. The van der Waals surface area contributed by atoms with Crippen LogP contribution in [0.2, 0.25) is 0 Å². The molecule has 7 heteroatoms. The largest absolute Gasteiger partial charge is 0.297 e. The molecule has 0 amide bonds. The lowest BCUT2D eigenvalue weighted by atomic mass is 10.0. The molecule has 0 saturated carbocycles. The Morgan fingerprint density at radius 3 is 2.09 bits per heavy atom. The number of hydrogen-bond acceptors (Lipinski definition) is 6. The molecule has 162 valence electrons. The van der Waals surface area contributed by atoms with E-state index in [-0.39, 0.29) is 6.04 Å². The van der Waals surface area contributed by atoms with E-state index in [1.54, 1.807) is 0 Å². The van der Waals surface area contributed by atoms with Crippen molar-refractivity contribution in [2.75, 3.05) is 26.2 Å². The topological polar surface area (TPSA) is 63.0 Å². The first kappa shape index (κ1) is 20.5. The molecular formula is C25H27N7. The third kappa shape index (κ3) is 4.74. The second-order valence-electron chi connectivity index (χ2n) is 8.16. The summed E-state index contributed by atoms with van der Waals surface area (Å²) in [4.78, 5) is 9.13. The summed E-state index contributed by atoms with van der Waals surface area (Å²) in [6, 6.07) is 25.2. The lowest BCUT2D eigenvalue weighted by molar-refractivity contribution is 0.100. The molecule has 32 heavy (non-hydrogen) atoms. The molecule has 3 heterocycles. The number of nitrogens with zero attached hydrogens (tertiary/aromatic N) is 7. The summed E-state index contributed by atoms with van der Waals surface area (Å²) in [5.74, 6) is 0.891. The molecule has 0 unspecified atom stereocenters. The highest BCUT2D eigenvalue weighted by Crippen LogP contribution is 2.28. The molecule has 0 bridgehead atoms. The molecule has 0 N–H and O–H groups in total. The van der Waals surface area contributed by atoms with E-state index < -0.39 is 0 Å². The molecule has 2 aromatic carbocycles. The number of piperazine rings is 1. The van der Waals surface area contributed by atoms with Gasteiger partial charge in [0.1, 0.15) is 0 Å². The first-order valence-corrected chi connectivity index (χ1v) is 11.1. The van der Waals surface area contributed by atoms with Crippen LogP contribution in [0.3, 0.4) is 0 Å². The number of pyridine rings is 1. The molecule has 1 aliphatic rings. The summed E-state index contributed by atoms with van der Waals surface area (Å²) in [7, 11) is 0. The molecule has 1 saturated heterocycles. The number of rotatable bonds is 7. The lowest BCUT2D eigenvalue weighted by Crippen LogP contribution is -2.48. The smallest absolute Gasteiger partial charge is 0.173 e. The zero-order valence-corrected chi connectivity index (χ0v) is 18.0. The van der Waals surface area contributed by atoms with Gasteiger partial charge >= 0.3 is 0 Å². The van der Waals surface area contributed by atoms with Crippen LogP contribution in [-0.2, 0) is 13.1 Å². The maximum atomic E-state index is 4.49. The summed E-state index contributed by atoms with van der Waals surface area (Å²) in [5, 5.41) is 12.9. The molecule has 1 atom stereocenters. The van der Waals surface area contributed by atoms with E-state index in [9.17, 15) is 0 Å². The van der Waals surface area contributed by atoms with Crippen LogP contribution in [0.4, 0.5) is 0 Å². The Morgan fingerprint density at radius 1 is 0.719 bits per heavy atom. The minimum atomic E-state index is 0.0259. The molecular weight excluding hydrogens is 398 g/mol. The Morgan fingerprint density at radius 2 is 1.38 bits per heavy atom. The lowest BCUT2D eigenvalue weighted by Gasteiger charge is -2.39. The molecule has 2 aromatic heterocycles. The van der Waals surface area contributed by atoms with Crippen molar-refractivity contribution in [3.63, 3.8) is 0 Å². The Labute approximate surface area is 188 Å². The Kier molecular flexibility index (Phi) is 6.28. The standard InChI is InChI=1S/C25H27N7/c1-3-7-21(8-4-1)20-32-25(27-28-29-32)24(23-9-5-2-6-10-23)31-17-15-30(16-18-31)19-22-11-13-26-14-12-22/h1-14,24H,15-20H2/t24-/m1/s1. The van der Waals surface area contributed by atoms with Gasteiger partial charge in [-0.05, 0) is 39.2 Å². The van der Waals surface area contributed by atoms with Crippen LogP contribution in [0, 0.1) is 0 Å². The summed E-state index contributed by atoms with van der Waals surface area (Å²) in [6.07, 6.45) is 3.73. The van der Waals surface area contributed by atoms with Gasteiger partial charge in [0.15, 0.2) is 5.82 Å². The Hall–Kier alpha value is -3.42. The third-order valence-electron chi connectivity index (χ3n) is 6.02. The van der Waals surface area contributed by atoms with Gasteiger partial charge in [-0.1, -0.05) is 60.7 Å². The molecule has 0 spiro atoms. The maximum Gasteiger partial charge on any atom is 0.173 e.